The highest BCUT2D eigenvalue weighted by Gasteiger charge is 2.54. The van der Waals surface area contributed by atoms with Crippen LogP contribution in [0.1, 0.15) is 40.0 Å². The van der Waals surface area contributed by atoms with Crippen molar-refractivity contribution >= 4 is 27.6 Å². The largest absolute Gasteiger partial charge is 0.619 e. The molecule has 0 aliphatic carbocycles. The van der Waals surface area contributed by atoms with E-state index in [0.717, 1.165) is 10.5 Å². The van der Waals surface area contributed by atoms with E-state index in [1.165, 1.54) is 23.2 Å². The molecule has 0 N–H and O–H groups in total. The molecule has 1 aromatic heterocycles. The van der Waals surface area contributed by atoms with E-state index in [2.05, 4.69) is 0 Å². The number of hydrogen-bond acceptors (Lipinski definition) is 7. The number of rotatable bonds is 6. The number of hydrogen-bond donors (Lipinski definition) is 0. The molecule has 36 heavy (non-hydrogen) atoms. The summed E-state index contributed by atoms with van der Waals surface area (Å²) in [5, 5.41) is 11.7. The fourth-order valence-corrected chi connectivity index (χ4v) is 7.07. The normalized spacial score (nSPS) is 24.1. The van der Waals surface area contributed by atoms with Crippen molar-refractivity contribution in [2.75, 3.05) is 39.4 Å². The molecule has 12 heteroatoms. The Morgan fingerprint density at radius 3 is 2.56 bits per heavy atom. The first-order valence-corrected chi connectivity index (χ1v) is 13.7. The van der Waals surface area contributed by atoms with Crippen LogP contribution in [0.25, 0.3) is 0 Å². The zero-order chi connectivity index (χ0) is 26.3. The summed E-state index contributed by atoms with van der Waals surface area (Å²) in [6.45, 7) is 7.76. The van der Waals surface area contributed by atoms with E-state index in [1.54, 1.807) is 4.90 Å². The first-order valence-electron chi connectivity index (χ1n) is 12.3. The summed E-state index contributed by atoms with van der Waals surface area (Å²) >= 11 is 0. The lowest BCUT2D eigenvalue weighted by molar-refractivity contribution is -0.607. The highest BCUT2D eigenvalue weighted by molar-refractivity contribution is 7.89. The first kappa shape index (κ1) is 26.5. The lowest BCUT2D eigenvalue weighted by Gasteiger charge is -2.33. The van der Waals surface area contributed by atoms with Gasteiger partial charge in [0, 0.05) is 38.0 Å². The third-order valence-electron chi connectivity index (χ3n) is 7.01. The molecular formula is C24H34N4O7S. The summed E-state index contributed by atoms with van der Waals surface area (Å²) in [5.41, 5.74) is -0.235. The summed E-state index contributed by atoms with van der Waals surface area (Å²) in [5.74, 6) is -1.38. The van der Waals surface area contributed by atoms with Crippen LogP contribution in [0.3, 0.4) is 0 Å². The van der Waals surface area contributed by atoms with Crippen molar-refractivity contribution in [2.45, 2.75) is 57.0 Å². The second-order valence-corrected chi connectivity index (χ2v) is 12.8. The molecule has 0 radical (unpaired) electrons. The molecule has 4 rings (SSSR count). The maximum Gasteiger partial charge on any atom is 0.249 e. The fraction of sp³-hybridized carbons (Fsp3) is 0.667. The number of ether oxygens (including phenoxy) is 1. The molecule has 3 atom stereocenters. The molecule has 1 aromatic rings. The number of nitrogens with zero attached hydrogens (tertiary/aromatic N) is 4. The smallest absolute Gasteiger partial charge is 0.249 e. The average molecular weight is 523 g/mol. The number of sulfonamides is 1. The molecule has 198 valence electrons. The molecule has 3 aliphatic rings. The Hall–Kier alpha value is -2.57. The predicted molar refractivity (Wildman–Crippen MR) is 128 cm³/mol. The van der Waals surface area contributed by atoms with Crippen molar-refractivity contribution < 1.29 is 32.3 Å². The van der Waals surface area contributed by atoms with Crippen LogP contribution in [0.5, 0.6) is 0 Å². The van der Waals surface area contributed by atoms with Crippen molar-refractivity contribution in [3.05, 3.63) is 29.7 Å². The van der Waals surface area contributed by atoms with Crippen molar-refractivity contribution in [2.24, 2.45) is 11.3 Å². The lowest BCUT2D eigenvalue weighted by Crippen LogP contribution is -2.48. The van der Waals surface area contributed by atoms with E-state index in [0.29, 0.717) is 43.9 Å². The van der Waals surface area contributed by atoms with Crippen molar-refractivity contribution in [1.29, 1.82) is 0 Å². The van der Waals surface area contributed by atoms with Gasteiger partial charge in [0.05, 0.1) is 25.8 Å². The van der Waals surface area contributed by atoms with Crippen molar-refractivity contribution in [3.8, 4) is 0 Å². The van der Waals surface area contributed by atoms with Crippen LogP contribution < -0.4 is 4.73 Å². The van der Waals surface area contributed by atoms with Crippen LogP contribution in [0.15, 0.2) is 29.4 Å². The second kappa shape index (κ2) is 10.1. The molecule has 11 nitrogen and oxygen atoms in total. The average Bonchev–Trinajstić information content (AvgIpc) is 3.39. The highest BCUT2D eigenvalue weighted by atomic mass is 32.2. The van der Waals surface area contributed by atoms with Crippen LogP contribution >= 0.6 is 0 Å². The van der Waals surface area contributed by atoms with E-state index < -0.39 is 28.0 Å². The van der Waals surface area contributed by atoms with E-state index in [-0.39, 0.29) is 47.4 Å². The zero-order valence-corrected chi connectivity index (χ0v) is 21.8. The van der Waals surface area contributed by atoms with Gasteiger partial charge in [-0.3, -0.25) is 14.4 Å². The Labute approximate surface area is 211 Å². The van der Waals surface area contributed by atoms with Crippen molar-refractivity contribution in [3.63, 3.8) is 0 Å². The molecule has 3 fully saturated rings. The quantitative estimate of drug-likeness (QED) is 0.384. The molecule has 0 spiro atoms. The molecule has 3 saturated heterocycles. The van der Waals surface area contributed by atoms with Crippen LogP contribution in [0, 0.1) is 16.5 Å². The fourth-order valence-electron chi connectivity index (χ4n) is 5.44. The molecular weight excluding hydrogens is 488 g/mol. The molecule has 0 aromatic carbocycles. The van der Waals surface area contributed by atoms with Gasteiger partial charge in [-0.25, -0.2) is 8.42 Å². The van der Waals surface area contributed by atoms with Gasteiger partial charge in [-0.05, 0) is 24.3 Å². The highest BCUT2D eigenvalue weighted by Crippen LogP contribution is 2.36. The Morgan fingerprint density at radius 2 is 1.92 bits per heavy atom. The zero-order valence-electron chi connectivity index (χ0n) is 21.0. The minimum Gasteiger partial charge on any atom is -0.619 e. The standard InChI is InChI=1S/C24H34N4O7S/c1-24(2,3)14-17(13-21(30)25-9-11-35-12-10-25)23(31)27-8-6-19-22(27)20(29)16-28(19)36(33,34)18-5-4-7-26(32)15-18/h4-5,7,15,17,19,22H,6,8-14,16H2,1-3H3. The number of ketones is 1. The summed E-state index contributed by atoms with van der Waals surface area (Å²) in [6.07, 6.45) is 2.95. The number of carbonyl (C=O) groups is 3. The SMILES string of the molecule is CC(C)(C)CC(CC(=O)N1CCOCC1)C(=O)N1CCC2C1C(=O)CN2S(=O)(=O)c1ccc[n+]([O-])c1. The number of likely N-dealkylation sites (tertiary alicyclic amines) is 1. The van der Waals surface area contributed by atoms with Gasteiger partial charge >= 0.3 is 0 Å². The third-order valence-corrected chi connectivity index (χ3v) is 8.86. The minimum absolute atomic E-state index is 0.0354. The second-order valence-electron chi connectivity index (χ2n) is 10.9. The summed E-state index contributed by atoms with van der Waals surface area (Å²) < 4.78 is 33.3. The first-order chi connectivity index (χ1) is 16.9. The summed E-state index contributed by atoms with van der Waals surface area (Å²) in [4.78, 5) is 42.8. The van der Waals surface area contributed by atoms with E-state index >= 15 is 0 Å². The maximum atomic E-state index is 13.8. The van der Waals surface area contributed by atoms with E-state index in [4.69, 9.17) is 4.74 Å². The van der Waals surface area contributed by atoms with Gasteiger partial charge in [-0.1, -0.05) is 20.8 Å². The Morgan fingerprint density at radius 1 is 1.22 bits per heavy atom. The van der Waals surface area contributed by atoms with Crippen LogP contribution in [0.4, 0.5) is 0 Å². The van der Waals surface area contributed by atoms with Gasteiger partial charge in [0.1, 0.15) is 10.9 Å². The number of carbonyl (C=O) groups excluding carboxylic acids is 3. The number of Topliss-reactive ketones (excluding diaryl/α,β-unsaturated/α-hetero) is 1. The third kappa shape index (κ3) is 5.40. The van der Waals surface area contributed by atoms with Gasteiger partial charge in [0.25, 0.3) is 0 Å². The van der Waals surface area contributed by atoms with Gasteiger partial charge in [0.2, 0.25) is 21.8 Å². The molecule has 3 unspecified atom stereocenters. The van der Waals surface area contributed by atoms with E-state index in [9.17, 15) is 28.0 Å². The lowest BCUT2D eigenvalue weighted by atomic mass is 9.82. The van der Waals surface area contributed by atoms with Gasteiger partial charge in [-0.2, -0.15) is 9.04 Å². The molecule has 2 amide bonds. The molecule has 0 saturated carbocycles. The topological polar surface area (TPSA) is 131 Å². The molecule has 3 aliphatic heterocycles. The summed E-state index contributed by atoms with van der Waals surface area (Å²) in [7, 11) is -4.10. The van der Waals surface area contributed by atoms with Crippen LogP contribution in [-0.2, 0) is 29.1 Å². The maximum absolute atomic E-state index is 13.8. The monoisotopic (exact) mass is 522 g/mol. The van der Waals surface area contributed by atoms with E-state index in [1.807, 2.05) is 20.8 Å². The number of amides is 2. The van der Waals surface area contributed by atoms with Gasteiger partial charge in [0.15, 0.2) is 18.2 Å². The van der Waals surface area contributed by atoms with Gasteiger partial charge in [-0.15, -0.1) is 0 Å². The Bertz CT molecular complexity index is 1130. The Balaban J connectivity index is 1.54. The summed E-state index contributed by atoms with van der Waals surface area (Å²) in [6, 6.07) is 1.06. The number of fused-ring (bicyclic) bond motifs is 1. The number of pyridine rings is 1. The molecule has 4 heterocycles. The van der Waals surface area contributed by atoms with Gasteiger partial charge < -0.3 is 19.7 Å². The predicted octanol–water partition coefficient (Wildman–Crippen LogP) is 0.164. The molecule has 0 bridgehead atoms. The van der Waals surface area contributed by atoms with Crippen LogP contribution in [0.2, 0.25) is 0 Å². The number of aromatic nitrogens is 1. The number of morpholine rings is 1. The Kier molecular flexibility index (Phi) is 7.40. The van der Waals surface area contributed by atoms with Crippen LogP contribution in [-0.4, -0.2) is 91.6 Å². The van der Waals surface area contributed by atoms with Crippen molar-refractivity contribution in [1.82, 2.24) is 14.1 Å². The minimum atomic E-state index is -4.10.